The van der Waals surface area contributed by atoms with Crippen LogP contribution in [0.3, 0.4) is 0 Å². The van der Waals surface area contributed by atoms with Crippen molar-refractivity contribution in [3.05, 3.63) is 84.4 Å². The molecule has 1 saturated heterocycles. The standard InChI is InChI=1S/C35H40N4O6/c1-23(2)32-35(43)39-19-8-11-26(39)22-45-30-13-7-6-12-28(30)33(41)37-29(21-31(40)38-32)34(42)36-18-20-44-27-16-14-25(15-17-27)24-9-4-3-5-10-24/h3-7,9-10,12-17,23,26,29,32H,8,11,18-22H2,1-2H3,(H,36,42)(H,37,41)(H,38,40)/t26-,29-,32+/m0/s1. The lowest BCUT2D eigenvalue weighted by Gasteiger charge is -2.32. The highest BCUT2D eigenvalue weighted by Gasteiger charge is 2.37. The first-order valence-electron chi connectivity index (χ1n) is 15.5. The summed E-state index contributed by atoms with van der Waals surface area (Å²) >= 11 is 0. The number of amides is 4. The van der Waals surface area contributed by atoms with Crippen molar-refractivity contribution in [1.29, 1.82) is 0 Å². The minimum atomic E-state index is -1.19. The Bertz CT molecular complexity index is 1490. The van der Waals surface area contributed by atoms with Crippen LogP contribution in [0.15, 0.2) is 78.9 Å². The molecule has 3 aromatic rings. The van der Waals surface area contributed by atoms with Gasteiger partial charge < -0.3 is 30.3 Å². The molecule has 3 N–H and O–H groups in total. The van der Waals surface area contributed by atoms with E-state index in [1.807, 2.05) is 68.4 Å². The van der Waals surface area contributed by atoms with Gasteiger partial charge in [-0.2, -0.15) is 0 Å². The van der Waals surface area contributed by atoms with Crippen LogP contribution < -0.4 is 25.4 Å². The summed E-state index contributed by atoms with van der Waals surface area (Å²) in [4.78, 5) is 55.3. The molecule has 45 heavy (non-hydrogen) atoms. The first-order chi connectivity index (χ1) is 21.8. The van der Waals surface area contributed by atoms with Crippen molar-refractivity contribution in [2.75, 3.05) is 26.3 Å². The van der Waals surface area contributed by atoms with Crippen LogP contribution in [-0.2, 0) is 14.4 Å². The molecule has 0 aromatic heterocycles. The molecule has 0 aliphatic carbocycles. The molecular formula is C35H40N4O6. The largest absolute Gasteiger partial charge is 0.492 e. The number of para-hydroxylation sites is 1. The number of hydrogen-bond donors (Lipinski definition) is 3. The molecule has 10 heteroatoms. The van der Waals surface area contributed by atoms with Crippen LogP contribution in [0.4, 0.5) is 0 Å². The number of rotatable bonds is 7. The molecular weight excluding hydrogens is 572 g/mol. The van der Waals surface area contributed by atoms with Gasteiger partial charge in [0.2, 0.25) is 17.7 Å². The fourth-order valence-electron chi connectivity index (χ4n) is 5.66. The van der Waals surface area contributed by atoms with Gasteiger partial charge in [-0.25, -0.2) is 0 Å². The van der Waals surface area contributed by atoms with Crippen molar-refractivity contribution >= 4 is 23.6 Å². The third-order valence-corrected chi connectivity index (χ3v) is 8.12. The van der Waals surface area contributed by atoms with Gasteiger partial charge in [-0.05, 0) is 54.2 Å². The highest BCUT2D eigenvalue weighted by atomic mass is 16.5. The third-order valence-electron chi connectivity index (χ3n) is 8.12. The Balaban J connectivity index is 1.26. The van der Waals surface area contributed by atoms with Gasteiger partial charge in [0.15, 0.2) is 0 Å². The summed E-state index contributed by atoms with van der Waals surface area (Å²) in [5.74, 6) is -0.941. The minimum Gasteiger partial charge on any atom is -0.492 e. The van der Waals surface area contributed by atoms with Gasteiger partial charge in [0.05, 0.1) is 24.6 Å². The van der Waals surface area contributed by atoms with Crippen molar-refractivity contribution in [3.8, 4) is 22.6 Å². The molecule has 0 unspecified atom stereocenters. The molecule has 1 fully saturated rings. The smallest absolute Gasteiger partial charge is 0.255 e. The zero-order valence-electron chi connectivity index (χ0n) is 25.7. The second kappa shape index (κ2) is 14.7. The second-order valence-corrected chi connectivity index (χ2v) is 11.7. The molecule has 0 bridgehead atoms. The lowest BCUT2D eigenvalue weighted by molar-refractivity contribution is -0.139. The molecule has 10 nitrogen and oxygen atoms in total. The number of nitrogens with one attached hydrogen (secondary N) is 3. The Hall–Kier alpha value is -4.86. The summed E-state index contributed by atoms with van der Waals surface area (Å²) in [5, 5.41) is 8.31. The SMILES string of the molecule is CC(C)[C@H]1NC(=O)C[C@@H](C(=O)NCCOc2ccc(-c3ccccc3)cc2)NC(=O)c2ccccc2OC[C@@H]2CCCN2C1=O. The summed E-state index contributed by atoms with van der Waals surface area (Å²) in [7, 11) is 0. The minimum absolute atomic E-state index is 0.149. The quantitative estimate of drug-likeness (QED) is 0.351. The van der Waals surface area contributed by atoms with Crippen molar-refractivity contribution in [3.63, 3.8) is 0 Å². The monoisotopic (exact) mass is 612 g/mol. The van der Waals surface area contributed by atoms with Crippen LogP contribution in [0.5, 0.6) is 11.5 Å². The summed E-state index contributed by atoms with van der Waals surface area (Å²) in [5.41, 5.74) is 2.41. The lowest BCUT2D eigenvalue weighted by atomic mass is 10.0. The average molecular weight is 613 g/mol. The van der Waals surface area contributed by atoms with Gasteiger partial charge >= 0.3 is 0 Å². The average Bonchev–Trinajstić information content (AvgIpc) is 3.53. The zero-order chi connectivity index (χ0) is 31.8. The number of nitrogens with zero attached hydrogens (tertiary/aromatic N) is 1. The molecule has 0 radical (unpaired) electrons. The van der Waals surface area contributed by atoms with Crippen molar-refractivity contribution in [1.82, 2.24) is 20.9 Å². The van der Waals surface area contributed by atoms with Gasteiger partial charge in [-0.1, -0.05) is 68.4 Å². The second-order valence-electron chi connectivity index (χ2n) is 11.7. The first kappa shape index (κ1) is 31.6. The topological polar surface area (TPSA) is 126 Å². The van der Waals surface area contributed by atoms with Gasteiger partial charge in [0.1, 0.15) is 36.8 Å². The Labute approximate surface area is 263 Å². The number of hydrogen-bond acceptors (Lipinski definition) is 6. The molecule has 236 valence electrons. The van der Waals surface area contributed by atoms with Gasteiger partial charge in [0, 0.05) is 6.54 Å². The molecule has 2 heterocycles. The number of benzene rings is 3. The van der Waals surface area contributed by atoms with Crippen LogP contribution in [0.2, 0.25) is 0 Å². The fraction of sp³-hybridized carbons (Fsp3) is 0.371. The molecule has 3 aromatic carbocycles. The number of carbonyl (C=O) groups excluding carboxylic acids is 4. The molecule has 4 amide bonds. The first-order valence-corrected chi connectivity index (χ1v) is 15.5. The molecule has 2 aliphatic heterocycles. The van der Waals surface area contributed by atoms with E-state index < -0.39 is 29.8 Å². The Morgan fingerprint density at radius 1 is 0.956 bits per heavy atom. The molecule has 0 saturated carbocycles. The van der Waals surface area contributed by atoms with E-state index in [9.17, 15) is 19.2 Å². The number of ether oxygens (including phenoxy) is 2. The van der Waals surface area contributed by atoms with E-state index >= 15 is 0 Å². The van der Waals surface area contributed by atoms with Crippen LogP contribution in [-0.4, -0.2) is 73.0 Å². The van der Waals surface area contributed by atoms with E-state index in [4.69, 9.17) is 9.47 Å². The van der Waals surface area contributed by atoms with Crippen LogP contribution in [0, 0.1) is 5.92 Å². The predicted molar refractivity (Wildman–Crippen MR) is 170 cm³/mol. The predicted octanol–water partition coefficient (Wildman–Crippen LogP) is 3.56. The Kier molecular flexibility index (Phi) is 10.3. The highest BCUT2D eigenvalue weighted by molar-refractivity contribution is 6.01. The summed E-state index contributed by atoms with van der Waals surface area (Å²) in [6.07, 6.45) is 1.25. The maximum absolute atomic E-state index is 13.6. The Morgan fingerprint density at radius 2 is 1.67 bits per heavy atom. The van der Waals surface area contributed by atoms with Crippen molar-refractivity contribution in [2.45, 2.75) is 51.2 Å². The van der Waals surface area contributed by atoms with E-state index in [0.717, 1.165) is 24.0 Å². The van der Waals surface area contributed by atoms with Gasteiger partial charge in [-0.15, -0.1) is 0 Å². The van der Waals surface area contributed by atoms with Crippen molar-refractivity contribution in [2.24, 2.45) is 5.92 Å². The van der Waals surface area contributed by atoms with Crippen LogP contribution in [0.1, 0.15) is 43.5 Å². The summed E-state index contributed by atoms with van der Waals surface area (Å²) in [6.45, 7) is 4.85. The highest BCUT2D eigenvalue weighted by Crippen LogP contribution is 2.25. The fourth-order valence-corrected chi connectivity index (χ4v) is 5.66. The molecule has 5 rings (SSSR count). The van der Waals surface area contributed by atoms with E-state index in [1.54, 1.807) is 29.2 Å². The summed E-state index contributed by atoms with van der Waals surface area (Å²) < 4.78 is 11.9. The maximum atomic E-state index is 13.6. The van der Waals surface area contributed by atoms with Gasteiger partial charge in [0.25, 0.3) is 5.91 Å². The molecule has 0 spiro atoms. The zero-order valence-corrected chi connectivity index (χ0v) is 25.7. The summed E-state index contributed by atoms with van der Waals surface area (Å²) in [6, 6.07) is 22.3. The van der Waals surface area contributed by atoms with Crippen molar-refractivity contribution < 1.29 is 28.7 Å². The normalized spacial score (nSPS) is 20.6. The lowest BCUT2D eigenvalue weighted by Crippen LogP contribution is -2.55. The van der Waals surface area contributed by atoms with Gasteiger partial charge in [-0.3, -0.25) is 19.2 Å². The maximum Gasteiger partial charge on any atom is 0.255 e. The molecule has 2 aliphatic rings. The Morgan fingerprint density at radius 3 is 2.42 bits per heavy atom. The van der Waals surface area contributed by atoms with Crippen LogP contribution in [0.25, 0.3) is 11.1 Å². The van der Waals surface area contributed by atoms with Crippen LogP contribution >= 0.6 is 0 Å². The van der Waals surface area contributed by atoms with E-state index in [0.29, 0.717) is 18.0 Å². The van der Waals surface area contributed by atoms with E-state index in [-0.39, 0.29) is 49.6 Å². The third kappa shape index (κ3) is 8.00. The number of fused-ring (bicyclic) bond motifs is 2. The number of carbonyl (C=O) groups is 4. The molecule has 3 atom stereocenters. The van der Waals surface area contributed by atoms with E-state index in [1.165, 1.54) is 0 Å². The van der Waals surface area contributed by atoms with E-state index in [2.05, 4.69) is 16.0 Å².